The Hall–Kier alpha value is -0.520. The number of rotatable bonds is 4. The van der Waals surface area contributed by atoms with Gasteiger partial charge in [0.2, 0.25) is 0 Å². The van der Waals surface area contributed by atoms with Crippen LogP contribution in [-0.4, -0.2) is 45.3 Å². The van der Waals surface area contributed by atoms with Gasteiger partial charge in [-0.3, -0.25) is 9.58 Å². The Labute approximate surface area is 108 Å². The second-order valence-corrected chi connectivity index (χ2v) is 6.08. The zero-order chi connectivity index (χ0) is 12.4. The third kappa shape index (κ3) is 2.84. The van der Waals surface area contributed by atoms with Crippen LogP contribution in [0.5, 0.6) is 0 Å². The van der Waals surface area contributed by atoms with Gasteiger partial charge in [0.25, 0.3) is 0 Å². The lowest BCUT2D eigenvalue weighted by Crippen LogP contribution is -2.42. The Bertz CT molecular complexity index is 357. The Morgan fingerprint density at radius 1 is 1.65 bits per heavy atom. The minimum Gasteiger partial charge on any atom is -0.326 e. The first-order chi connectivity index (χ1) is 8.09. The summed E-state index contributed by atoms with van der Waals surface area (Å²) < 4.78 is 1.85. The second-order valence-electron chi connectivity index (χ2n) is 4.93. The van der Waals surface area contributed by atoms with Crippen molar-refractivity contribution in [1.82, 2.24) is 14.7 Å². The van der Waals surface area contributed by atoms with Crippen molar-refractivity contribution in [1.29, 1.82) is 0 Å². The fraction of sp³-hybridized carbons (Fsp3) is 0.750. The number of aryl methyl sites for hydroxylation is 1. The largest absolute Gasteiger partial charge is 0.326 e. The Kier molecular flexibility index (Phi) is 4.12. The summed E-state index contributed by atoms with van der Waals surface area (Å²) in [6.45, 7) is 2.08. The van der Waals surface area contributed by atoms with E-state index in [0.717, 1.165) is 0 Å². The first kappa shape index (κ1) is 12.9. The van der Waals surface area contributed by atoms with Crippen molar-refractivity contribution >= 4 is 11.8 Å². The molecule has 1 aliphatic rings. The molecule has 0 aliphatic carbocycles. The standard InChI is InChI=1S/C12H22N4S/c1-9(13)12(10-6-14-15(2)7-10)16(3)11-4-5-17-8-11/h6-7,9,11-12H,4-5,8,13H2,1-3H3. The van der Waals surface area contributed by atoms with E-state index in [1.165, 1.54) is 23.5 Å². The average molecular weight is 254 g/mol. The van der Waals surface area contributed by atoms with Crippen LogP contribution in [-0.2, 0) is 7.05 Å². The summed E-state index contributed by atoms with van der Waals surface area (Å²) in [6, 6.07) is 1.04. The summed E-state index contributed by atoms with van der Waals surface area (Å²) in [7, 11) is 4.14. The van der Waals surface area contributed by atoms with Crippen molar-refractivity contribution in [2.24, 2.45) is 12.8 Å². The number of aromatic nitrogens is 2. The fourth-order valence-electron chi connectivity index (χ4n) is 2.57. The molecule has 0 saturated carbocycles. The van der Waals surface area contributed by atoms with Gasteiger partial charge in [-0.2, -0.15) is 16.9 Å². The van der Waals surface area contributed by atoms with Gasteiger partial charge in [-0.25, -0.2) is 0 Å². The molecule has 2 rings (SSSR count). The number of nitrogens with zero attached hydrogens (tertiary/aromatic N) is 3. The van der Waals surface area contributed by atoms with Crippen LogP contribution in [0.2, 0.25) is 0 Å². The lowest BCUT2D eigenvalue weighted by molar-refractivity contribution is 0.168. The summed E-state index contributed by atoms with van der Waals surface area (Å²) in [5, 5.41) is 4.26. The molecule has 3 unspecified atom stereocenters. The van der Waals surface area contributed by atoms with Crippen molar-refractivity contribution < 1.29 is 0 Å². The van der Waals surface area contributed by atoms with E-state index in [1.807, 2.05) is 29.7 Å². The summed E-state index contributed by atoms with van der Waals surface area (Å²) in [6.07, 6.45) is 5.28. The van der Waals surface area contributed by atoms with Gasteiger partial charge in [0, 0.05) is 36.6 Å². The van der Waals surface area contributed by atoms with Gasteiger partial charge in [-0.15, -0.1) is 0 Å². The normalized spacial score (nSPS) is 24.2. The summed E-state index contributed by atoms with van der Waals surface area (Å²) >= 11 is 2.04. The molecule has 0 bridgehead atoms. The predicted octanol–water partition coefficient (Wildman–Crippen LogP) is 1.25. The van der Waals surface area contributed by atoms with Gasteiger partial charge in [0.05, 0.1) is 12.2 Å². The van der Waals surface area contributed by atoms with Crippen LogP contribution in [0.1, 0.15) is 24.9 Å². The molecular weight excluding hydrogens is 232 g/mol. The molecule has 1 aromatic heterocycles. The summed E-state index contributed by atoms with van der Waals surface area (Å²) in [4.78, 5) is 2.43. The lowest BCUT2D eigenvalue weighted by atomic mass is 10.0. The topological polar surface area (TPSA) is 47.1 Å². The highest BCUT2D eigenvalue weighted by molar-refractivity contribution is 7.99. The number of nitrogens with two attached hydrogens (primary N) is 1. The number of likely N-dealkylation sites (N-methyl/N-ethyl adjacent to an activating group) is 1. The molecular formula is C12H22N4S. The van der Waals surface area contributed by atoms with E-state index in [0.29, 0.717) is 6.04 Å². The molecule has 5 heteroatoms. The van der Waals surface area contributed by atoms with Crippen molar-refractivity contribution in [3.8, 4) is 0 Å². The molecule has 1 aromatic rings. The maximum atomic E-state index is 6.16. The van der Waals surface area contributed by atoms with E-state index in [9.17, 15) is 0 Å². The van der Waals surface area contributed by atoms with Gasteiger partial charge in [-0.05, 0) is 26.1 Å². The highest BCUT2D eigenvalue weighted by atomic mass is 32.2. The minimum absolute atomic E-state index is 0.120. The third-order valence-corrected chi connectivity index (χ3v) is 4.63. The van der Waals surface area contributed by atoms with Gasteiger partial charge >= 0.3 is 0 Å². The Morgan fingerprint density at radius 2 is 2.41 bits per heavy atom. The van der Waals surface area contributed by atoms with E-state index in [4.69, 9.17) is 5.73 Å². The molecule has 96 valence electrons. The molecule has 0 amide bonds. The van der Waals surface area contributed by atoms with Crippen LogP contribution in [0, 0.1) is 0 Å². The minimum atomic E-state index is 0.120. The van der Waals surface area contributed by atoms with Crippen molar-refractivity contribution in [3.63, 3.8) is 0 Å². The number of hydrogen-bond acceptors (Lipinski definition) is 4. The predicted molar refractivity (Wildman–Crippen MR) is 73.1 cm³/mol. The first-order valence-electron chi connectivity index (χ1n) is 6.13. The Balaban J connectivity index is 2.16. The molecule has 4 nitrogen and oxygen atoms in total. The SMILES string of the molecule is CC(N)C(c1cnn(C)c1)N(C)C1CCSC1. The van der Waals surface area contributed by atoms with Gasteiger partial charge < -0.3 is 5.73 Å². The summed E-state index contributed by atoms with van der Waals surface area (Å²) in [5.41, 5.74) is 7.38. The molecule has 1 fully saturated rings. The smallest absolute Gasteiger partial charge is 0.0538 e. The molecule has 1 saturated heterocycles. The van der Waals surface area contributed by atoms with E-state index < -0.39 is 0 Å². The van der Waals surface area contributed by atoms with Crippen molar-refractivity contribution in [2.75, 3.05) is 18.6 Å². The molecule has 3 atom stereocenters. The quantitative estimate of drug-likeness (QED) is 0.878. The van der Waals surface area contributed by atoms with Crippen LogP contribution < -0.4 is 5.73 Å². The molecule has 17 heavy (non-hydrogen) atoms. The van der Waals surface area contributed by atoms with E-state index in [-0.39, 0.29) is 12.1 Å². The van der Waals surface area contributed by atoms with Gasteiger partial charge in [0.15, 0.2) is 0 Å². The Morgan fingerprint density at radius 3 is 2.88 bits per heavy atom. The van der Waals surface area contributed by atoms with E-state index in [2.05, 4.69) is 30.2 Å². The summed E-state index contributed by atoms with van der Waals surface area (Å²) in [5.74, 6) is 2.49. The van der Waals surface area contributed by atoms with Crippen LogP contribution >= 0.6 is 11.8 Å². The monoisotopic (exact) mass is 254 g/mol. The second kappa shape index (κ2) is 5.42. The van der Waals surface area contributed by atoms with Crippen LogP contribution in [0.25, 0.3) is 0 Å². The fourth-order valence-corrected chi connectivity index (χ4v) is 3.85. The first-order valence-corrected chi connectivity index (χ1v) is 7.29. The average Bonchev–Trinajstić information content (AvgIpc) is 2.88. The lowest BCUT2D eigenvalue weighted by Gasteiger charge is -2.34. The molecule has 0 radical (unpaired) electrons. The van der Waals surface area contributed by atoms with Crippen LogP contribution in [0.15, 0.2) is 12.4 Å². The van der Waals surface area contributed by atoms with Crippen LogP contribution in [0.3, 0.4) is 0 Å². The van der Waals surface area contributed by atoms with E-state index in [1.54, 1.807) is 0 Å². The maximum absolute atomic E-state index is 6.16. The molecule has 2 N–H and O–H groups in total. The zero-order valence-corrected chi connectivity index (χ0v) is 11.7. The molecule has 0 spiro atoms. The third-order valence-electron chi connectivity index (χ3n) is 3.48. The molecule has 0 aromatic carbocycles. The highest BCUT2D eigenvalue weighted by Crippen LogP contribution is 2.29. The number of thioether (sulfide) groups is 1. The highest BCUT2D eigenvalue weighted by Gasteiger charge is 2.29. The maximum Gasteiger partial charge on any atom is 0.0538 e. The molecule has 1 aliphatic heterocycles. The van der Waals surface area contributed by atoms with Crippen molar-refractivity contribution in [2.45, 2.75) is 31.5 Å². The van der Waals surface area contributed by atoms with Gasteiger partial charge in [-0.1, -0.05) is 0 Å². The van der Waals surface area contributed by atoms with Gasteiger partial charge in [0.1, 0.15) is 0 Å². The van der Waals surface area contributed by atoms with E-state index >= 15 is 0 Å². The number of hydrogen-bond donors (Lipinski definition) is 1. The van der Waals surface area contributed by atoms with Crippen LogP contribution in [0.4, 0.5) is 0 Å². The zero-order valence-electron chi connectivity index (χ0n) is 10.8. The molecule has 2 heterocycles. The van der Waals surface area contributed by atoms with Crippen molar-refractivity contribution in [3.05, 3.63) is 18.0 Å².